The summed E-state index contributed by atoms with van der Waals surface area (Å²) in [6.45, 7) is 7.20. The predicted octanol–water partition coefficient (Wildman–Crippen LogP) is 3.86. The molecule has 0 radical (unpaired) electrons. The highest BCUT2D eigenvalue weighted by molar-refractivity contribution is 7.98. The molecule has 4 heteroatoms. The maximum atomic E-state index is 5.79. The van der Waals surface area contributed by atoms with Gasteiger partial charge in [0.05, 0.1) is 17.3 Å². The van der Waals surface area contributed by atoms with Crippen molar-refractivity contribution in [2.75, 3.05) is 0 Å². The summed E-state index contributed by atoms with van der Waals surface area (Å²) in [5, 5.41) is 4.43. The van der Waals surface area contributed by atoms with E-state index in [1.54, 1.807) is 11.8 Å². The van der Waals surface area contributed by atoms with Crippen LogP contribution in [0.2, 0.25) is 0 Å². The lowest BCUT2D eigenvalue weighted by Gasteiger charge is -2.19. The molecule has 0 bridgehead atoms. The molecule has 0 atom stereocenters. The number of hydrogen-bond donors (Lipinski definition) is 1. The van der Waals surface area contributed by atoms with Crippen LogP contribution in [-0.4, -0.2) is 10.5 Å². The molecule has 1 N–H and O–H groups in total. The van der Waals surface area contributed by atoms with E-state index in [4.69, 9.17) is 4.42 Å². The van der Waals surface area contributed by atoms with Gasteiger partial charge in [0, 0.05) is 11.7 Å². The van der Waals surface area contributed by atoms with Crippen molar-refractivity contribution in [1.29, 1.82) is 0 Å². The zero-order valence-corrected chi connectivity index (χ0v) is 12.5. The van der Waals surface area contributed by atoms with Crippen LogP contribution in [0, 0.1) is 0 Å². The van der Waals surface area contributed by atoms with E-state index in [1.807, 2.05) is 36.5 Å². The normalized spacial score (nSPS) is 11.7. The Morgan fingerprint density at radius 3 is 2.63 bits per heavy atom. The van der Waals surface area contributed by atoms with Gasteiger partial charge in [0.1, 0.15) is 11.5 Å². The Labute approximate surface area is 118 Å². The van der Waals surface area contributed by atoms with E-state index < -0.39 is 0 Å². The van der Waals surface area contributed by atoms with Crippen LogP contribution >= 0.6 is 11.8 Å². The van der Waals surface area contributed by atoms with Crippen LogP contribution in [0.4, 0.5) is 0 Å². The molecule has 0 aromatic carbocycles. The van der Waals surface area contributed by atoms with Gasteiger partial charge in [0.15, 0.2) is 0 Å². The van der Waals surface area contributed by atoms with E-state index in [0.29, 0.717) is 0 Å². The third-order valence-electron chi connectivity index (χ3n) is 2.51. The Morgan fingerprint density at radius 2 is 1.95 bits per heavy atom. The predicted molar refractivity (Wildman–Crippen MR) is 79.1 cm³/mol. The Hall–Kier alpha value is -1.26. The summed E-state index contributed by atoms with van der Waals surface area (Å²) in [6, 6.07) is 10.0. The van der Waals surface area contributed by atoms with Gasteiger partial charge in [0.2, 0.25) is 0 Å². The van der Waals surface area contributed by atoms with Crippen molar-refractivity contribution in [1.82, 2.24) is 10.3 Å². The molecule has 0 saturated heterocycles. The van der Waals surface area contributed by atoms with E-state index in [0.717, 1.165) is 28.8 Å². The van der Waals surface area contributed by atoms with Gasteiger partial charge in [-0.1, -0.05) is 17.8 Å². The van der Waals surface area contributed by atoms with Gasteiger partial charge in [-0.25, -0.2) is 4.98 Å². The monoisotopic (exact) mass is 276 g/mol. The van der Waals surface area contributed by atoms with E-state index in [2.05, 4.69) is 31.1 Å². The lowest BCUT2D eigenvalue weighted by Crippen LogP contribution is -2.34. The van der Waals surface area contributed by atoms with Gasteiger partial charge >= 0.3 is 0 Å². The molecule has 2 aromatic rings. The summed E-state index contributed by atoms with van der Waals surface area (Å²) in [6.07, 6.45) is 1.81. The van der Waals surface area contributed by atoms with Crippen LogP contribution in [-0.2, 0) is 12.3 Å². The lowest BCUT2D eigenvalue weighted by atomic mass is 10.1. The summed E-state index contributed by atoms with van der Waals surface area (Å²) in [5.74, 6) is 2.78. The van der Waals surface area contributed by atoms with Crippen molar-refractivity contribution in [2.24, 2.45) is 0 Å². The first-order valence-electron chi connectivity index (χ1n) is 6.39. The maximum absolute atomic E-state index is 5.79. The molecule has 3 nitrogen and oxygen atoms in total. The van der Waals surface area contributed by atoms with Gasteiger partial charge in [-0.15, -0.1) is 0 Å². The molecule has 0 aliphatic heterocycles. The highest BCUT2D eigenvalue weighted by Crippen LogP contribution is 2.21. The van der Waals surface area contributed by atoms with Crippen molar-refractivity contribution in [3.05, 3.63) is 48.0 Å². The molecule has 2 rings (SSSR count). The van der Waals surface area contributed by atoms with Crippen molar-refractivity contribution >= 4 is 11.8 Å². The van der Waals surface area contributed by atoms with Gasteiger partial charge in [-0.3, -0.25) is 0 Å². The summed E-state index contributed by atoms with van der Waals surface area (Å²) < 4.78 is 5.79. The van der Waals surface area contributed by atoms with Crippen LogP contribution in [0.15, 0.2) is 46.0 Å². The SMILES string of the molecule is CC(C)(C)NCc1ccc(CSc2ccccn2)o1. The fourth-order valence-electron chi connectivity index (χ4n) is 1.52. The standard InChI is InChI=1S/C15H20N2OS/c1-15(2,3)17-10-12-7-8-13(18-12)11-19-14-6-4-5-9-16-14/h4-9,17H,10-11H2,1-3H3. The minimum Gasteiger partial charge on any atom is -0.464 e. The second-order valence-corrected chi connectivity index (χ2v) is 6.42. The number of nitrogens with zero attached hydrogens (tertiary/aromatic N) is 1. The third-order valence-corrected chi connectivity index (χ3v) is 3.48. The fraction of sp³-hybridized carbons (Fsp3) is 0.400. The molecular weight excluding hydrogens is 256 g/mol. The molecule has 0 spiro atoms. The average Bonchev–Trinajstić information content (AvgIpc) is 2.82. The minimum absolute atomic E-state index is 0.107. The third kappa shape index (κ3) is 5.09. The van der Waals surface area contributed by atoms with Crippen LogP contribution in [0.5, 0.6) is 0 Å². The number of hydrogen-bond acceptors (Lipinski definition) is 4. The fourth-order valence-corrected chi connectivity index (χ4v) is 2.28. The maximum Gasteiger partial charge on any atom is 0.118 e. The van der Waals surface area contributed by atoms with Crippen LogP contribution in [0.1, 0.15) is 32.3 Å². The van der Waals surface area contributed by atoms with Gasteiger partial charge in [-0.2, -0.15) is 0 Å². The van der Waals surface area contributed by atoms with E-state index in [-0.39, 0.29) is 5.54 Å². The smallest absolute Gasteiger partial charge is 0.118 e. The molecule has 0 amide bonds. The van der Waals surface area contributed by atoms with E-state index in [9.17, 15) is 0 Å². The highest BCUT2D eigenvalue weighted by atomic mass is 32.2. The van der Waals surface area contributed by atoms with Crippen LogP contribution < -0.4 is 5.32 Å². The number of rotatable bonds is 5. The lowest BCUT2D eigenvalue weighted by molar-refractivity contribution is 0.382. The molecule has 19 heavy (non-hydrogen) atoms. The summed E-state index contributed by atoms with van der Waals surface area (Å²) in [7, 11) is 0. The van der Waals surface area contributed by atoms with Gasteiger partial charge in [-0.05, 0) is 45.0 Å². The van der Waals surface area contributed by atoms with Crippen molar-refractivity contribution in [2.45, 2.75) is 43.6 Å². The molecule has 0 fully saturated rings. The molecule has 2 aromatic heterocycles. The highest BCUT2D eigenvalue weighted by Gasteiger charge is 2.10. The van der Waals surface area contributed by atoms with Crippen molar-refractivity contribution in [3.63, 3.8) is 0 Å². The Balaban J connectivity index is 1.84. The summed E-state index contributed by atoms with van der Waals surface area (Å²) in [4.78, 5) is 4.28. The molecule has 0 aliphatic carbocycles. The first kappa shape index (κ1) is 14.2. The topological polar surface area (TPSA) is 38.1 Å². The zero-order valence-electron chi connectivity index (χ0n) is 11.6. The summed E-state index contributed by atoms with van der Waals surface area (Å²) >= 11 is 1.69. The van der Waals surface area contributed by atoms with Crippen LogP contribution in [0.3, 0.4) is 0 Å². The number of pyridine rings is 1. The number of furan rings is 1. The quantitative estimate of drug-likeness (QED) is 0.842. The van der Waals surface area contributed by atoms with Crippen molar-refractivity contribution in [3.8, 4) is 0 Å². The zero-order chi connectivity index (χ0) is 13.7. The molecular formula is C15H20N2OS. The number of thioether (sulfide) groups is 1. The molecule has 0 unspecified atom stereocenters. The molecule has 0 saturated carbocycles. The van der Waals surface area contributed by atoms with Crippen molar-refractivity contribution < 1.29 is 4.42 Å². The first-order chi connectivity index (χ1) is 9.03. The van der Waals surface area contributed by atoms with Gasteiger partial charge < -0.3 is 9.73 Å². The second kappa shape index (κ2) is 6.26. The van der Waals surface area contributed by atoms with Gasteiger partial charge in [0.25, 0.3) is 0 Å². The van der Waals surface area contributed by atoms with Crippen LogP contribution in [0.25, 0.3) is 0 Å². The second-order valence-electron chi connectivity index (χ2n) is 5.43. The molecule has 2 heterocycles. The Morgan fingerprint density at radius 1 is 1.16 bits per heavy atom. The number of aromatic nitrogens is 1. The molecule has 102 valence electrons. The largest absolute Gasteiger partial charge is 0.464 e. The average molecular weight is 276 g/mol. The Bertz CT molecular complexity index is 502. The Kier molecular flexibility index (Phi) is 4.66. The van der Waals surface area contributed by atoms with E-state index in [1.165, 1.54) is 0 Å². The summed E-state index contributed by atoms with van der Waals surface area (Å²) in [5.41, 5.74) is 0.107. The van der Waals surface area contributed by atoms with E-state index >= 15 is 0 Å². The molecule has 0 aliphatic rings. The number of nitrogens with one attached hydrogen (secondary N) is 1. The first-order valence-corrected chi connectivity index (χ1v) is 7.38. The minimum atomic E-state index is 0.107.